The number of hydrogen-bond donors (Lipinski definition) is 2. The normalized spacial score (nSPS) is 11.2. The van der Waals surface area contributed by atoms with E-state index in [2.05, 4.69) is 36.5 Å². The fourth-order valence-electron chi connectivity index (χ4n) is 3.25. The van der Waals surface area contributed by atoms with Gasteiger partial charge in [-0.3, -0.25) is 14.3 Å². The summed E-state index contributed by atoms with van der Waals surface area (Å²) in [4.78, 5) is 24.5. The molecule has 0 saturated carbocycles. The van der Waals surface area contributed by atoms with E-state index in [1.807, 2.05) is 65.5 Å². The first-order valence-corrected chi connectivity index (χ1v) is 10.5. The Hall–Kier alpha value is -3.41. The van der Waals surface area contributed by atoms with Gasteiger partial charge in [-0.05, 0) is 40.3 Å². The summed E-state index contributed by atoms with van der Waals surface area (Å²) in [5.74, 6) is -0.268. The summed E-state index contributed by atoms with van der Waals surface area (Å²) in [5.41, 5.74) is 3.98. The van der Waals surface area contributed by atoms with Crippen LogP contribution in [0.4, 0.5) is 0 Å². The van der Waals surface area contributed by atoms with E-state index in [9.17, 15) is 9.59 Å². The van der Waals surface area contributed by atoms with E-state index in [1.165, 1.54) is 5.56 Å². The zero-order chi connectivity index (χ0) is 22.3. The molecule has 0 aliphatic heterocycles. The van der Waals surface area contributed by atoms with Crippen LogP contribution < -0.4 is 10.6 Å². The number of hydrogen-bond acceptors (Lipinski definition) is 3. The third kappa shape index (κ3) is 6.54. The van der Waals surface area contributed by atoms with Gasteiger partial charge < -0.3 is 10.6 Å². The van der Waals surface area contributed by atoms with Gasteiger partial charge in [0.1, 0.15) is 0 Å². The minimum atomic E-state index is -0.169. The molecule has 6 heteroatoms. The van der Waals surface area contributed by atoms with Crippen LogP contribution in [0.5, 0.6) is 0 Å². The van der Waals surface area contributed by atoms with E-state index in [-0.39, 0.29) is 23.7 Å². The molecule has 31 heavy (non-hydrogen) atoms. The molecule has 0 aliphatic carbocycles. The lowest BCUT2D eigenvalue weighted by Crippen LogP contribution is -2.30. The monoisotopic (exact) mass is 418 g/mol. The SMILES string of the molecule is CC(C)(C)c1ccc(C(=O)NCCC(=O)NCc2ccccc2Cn2cccn2)cc1. The minimum absolute atomic E-state index is 0.0457. The number of rotatable bonds is 8. The average molecular weight is 419 g/mol. The number of carbonyl (C=O) groups is 2. The molecule has 1 heterocycles. The van der Waals surface area contributed by atoms with Crippen LogP contribution in [0.2, 0.25) is 0 Å². The van der Waals surface area contributed by atoms with Gasteiger partial charge in [0, 0.05) is 37.5 Å². The predicted molar refractivity (Wildman–Crippen MR) is 122 cm³/mol. The molecular weight excluding hydrogens is 388 g/mol. The highest BCUT2D eigenvalue weighted by molar-refractivity contribution is 5.94. The third-order valence-electron chi connectivity index (χ3n) is 5.14. The van der Waals surface area contributed by atoms with Crippen molar-refractivity contribution >= 4 is 11.8 Å². The first kappa shape index (κ1) is 22.3. The Labute approximate surface area is 183 Å². The molecule has 1 aromatic heterocycles. The van der Waals surface area contributed by atoms with Gasteiger partial charge >= 0.3 is 0 Å². The molecule has 6 nitrogen and oxygen atoms in total. The molecule has 0 saturated heterocycles. The van der Waals surface area contributed by atoms with Crippen molar-refractivity contribution in [1.29, 1.82) is 0 Å². The van der Waals surface area contributed by atoms with Crippen LogP contribution in [0.3, 0.4) is 0 Å². The molecule has 2 N–H and O–H groups in total. The van der Waals surface area contributed by atoms with Gasteiger partial charge in [0.25, 0.3) is 5.91 Å². The van der Waals surface area contributed by atoms with Crippen molar-refractivity contribution in [3.63, 3.8) is 0 Å². The summed E-state index contributed by atoms with van der Waals surface area (Å²) in [6.07, 6.45) is 3.89. The summed E-state index contributed by atoms with van der Waals surface area (Å²) < 4.78 is 1.85. The van der Waals surface area contributed by atoms with Crippen LogP contribution in [0.1, 0.15) is 54.2 Å². The Bertz CT molecular complexity index is 1000. The lowest BCUT2D eigenvalue weighted by atomic mass is 9.87. The summed E-state index contributed by atoms with van der Waals surface area (Å²) >= 11 is 0. The van der Waals surface area contributed by atoms with Crippen LogP contribution in [0, 0.1) is 0 Å². The largest absolute Gasteiger partial charge is 0.352 e. The maximum absolute atomic E-state index is 12.3. The lowest BCUT2D eigenvalue weighted by molar-refractivity contribution is -0.121. The van der Waals surface area contributed by atoms with Gasteiger partial charge in [-0.1, -0.05) is 57.2 Å². The van der Waals surface area contributed by atoms with Crippen LogP contribution in [-0.2, 0) is 23.3 Å². The molecule has 0 radical (unpaired) electrons. The van der Waals surface area contributed by atoms with Gasteiger partial charge in [0.2, 0.25) is 5.91 Å². The molecule has 0 atom stereocenters. The molecule has 0 unspecified atom stereocenters. The van der Waals surface area contributed by atoms with E-state index in [0.717, 1.165) is 11.1 Å². The van der Waals surface area contributed by atoms with E-state index in [0.29, 0.717) is 25.2 Å². The molecule has 3 rings (SSSR count). The Kier molecular flexibility index (Phi) is 7.23. The van der Waals surface area contributed by atoms with Crippen molar-refractivity contribution in [2.75, 3.05) is 6.54 Å². The van der Waals surface area contributed by atoms with Crippen molar-refractivity contribution < 1.29 is 9.59 Å². The minimum Gasteiger partial charge on any atom is -0.352 e. The topological polar surface area (TPSA) is 76.0 Å². The van der Waals surface area contributed by atoms with Crippen molar-refractivity contribution in [3.05, 3.63) is 89.2 Å². The van der Waals surface area contributed by atoms with E-state index >= 15 is 0 Å². The molecular formula is C25H30N4O2. The van der Waals surface area contributed by atoms with Gasteiger partial charge in [-0.25, -0.2) is 0 Å². The molecule has 162 valence electrons. The Morgan fingerprint density at radius 1 is 0.935 bits per heavy atom. The zero-order valence-electron chi connectivity index (χ0n) is 18.4. The van der Waals surface area contributed by atoms with Crippen LogP contribution in [0.15, 0.2) is 67.0 Å². The molecule has 2 aromatic carbocycles. The van der Waals surface area contributed by atoms with Gasteiger partial charge in [0.15, 0.2) is 0 Å². The second-order valence-electron chi connectivity index (χ2n) is 8.58. The second kappa shape index (κ2) is 10.1. The molecule has 0 bridgehead atoms. The summed E-state index contributed by atoms with van der Waals surface area (Å²) in [5, 5.41) is 9.99. The first-order chi connectivity index (χ1) is 14.8. The molecule has 2 amide bonds. The third-order valence-corrected chi connectivity index (χ3v) is 5.14. The number of nitrogens with one attached hydrogen (secondary N) is 2. The molecule has 0 fully saturated rings. The van der Waals surface area contributed by atoms with Crippen LogP contribution >= 0.6 is 0 Å². The fourth-order valence-corrected chi connectivity index (χ4v) is 3.25. The summed E-state index contributed by atoms with van der Waals surface area (Å²) in [6.45, 7) is 7.80. The quantitative estimate of drug-likeness (QED) is 0.586. The second-order valence-corrected chi connectivity index (χ2v) is 8.58. The number of aromatic nitrogens is 2. The van der Waals surface area contributed by atoms with Gasteiger partial charge in [0.05, 0.1) is 6.54 Å². The smallest absolute Gasteiger partial charge is 0.251 e. The molecule has 0 spiro atoms. The Morgan fingerprint density at radius 2 is 1.65 bits per heavy atom. The summed E-state index contributed by atoms with van der Waals surface area (Å²) in [7, 11) is 0. The van der Waals surface area contributed by atoms with E-state index in [4.69, 9.17) is 0 Å². The van der Waals surface area contributed by atoms with Crippen molar-refractivity contribution in [3.8, 4) is 0 Å². The Balaban J connectivity index is 1.44. The average Bonchev–Trinajstić information content (AvgIpc) is 3.25. The summed E-state index contributed by atoms with van der Waals surface area (Å²) in [6, 6.07) is 17.5. The maximum Gasteiger partial charge on any atom is 0.251 e. The van der Waals surface area contributed by atoms with E-state index < -0.39 is 0 Å². The highest BCUT2D eigenvalue weighted by Gasteiger charge is 2.14. The molecule has 3 aromatic rings. The number of nitrogens with zero attached hydrogens (tertiary/aromatic N) is 2. The number of carbonyl (C=O) groups excluding carboxylic acids is 2. The first-order valence-electron chi connectivity index (χ1n) is 10.5. The number of amides is 2. The highest BCUT2D eigenvalue weighted by Crippen LogP contribution is 2.22. The molecule has 0 aliphatic rings. The van der Waals surface area contributed by atoms with E-state index in [1.54, 1.807) is 6.20 Å². The number of benzene rings is 2. The predicted octanol–water partition coefficient (Wildman–Crippen LogP) is 3.67. The van der Waals surface area contributed by atoms with Crippen molar-refractivity contribution in [1.82, 2.24) is 20.4 Å². The standard InChI is InChI=1S/C25H30N4O2/c1-25(2,3)22-11-9-19(10-12-22)24(31)26-15-13-23(30)27-17-20-7-4-5-8-21(20)18-29-16-6-14-28-29/h4-12,14,16H,13,15,17-18H2,1-3H3,(H,26,31)(H,27,30). The van der Waals surface area contributed by atoms with Gasteiger partial charge in [-0.15, -0.1) is 0 Å². The zero-order valence-corrected chi connectivity index (χ0v) is 18.4. The Morgan fingerprint density at radius 3 is 2.29 bits per heavy atom. The van der Waals surface area contributed by atoms with Gasteiger partial charge in [-0.2, -0.15) is 5.10 Å². The van der Waals surface area contributed by atoms with Crippen molar-refractivity contribution in [2.45, 2.75) is 45.7 Å². The maximum atomic E-state index is 12.3. The lowest BCUT2D eigenvalue weighted by Gasteiger charge is -2.19. The fraction of sp³-hybridized carbons (Fsp3) is 0.320. The van der Waals surface area contributed by atoms with Crippen molar-refractivity contribution in [2.24, 2.45) is 0 Å². The highest BCUT2D eigenvalue weighted by atomic mass is 16.2. The van der Waals surface area contributed by atoms with Crippen LogP contribution in [-0.4, -0.2) is 28.1 Å². The van der Waals surface area contributed by atoms with Crippen LogP contribution in [0.25, 0.3) is 0 Å².